The second kappa shape index (κ2) is 5.21. The highest BCUT2D eigenvalue weighted by Gasteiger charge is 2.40. The second-order valence-electron chi connectivity index (χ2n) is 5.18. The Morgan fingerprint density at radius 2 is 2.33 bits per heavy atom. The van der Waals surface area contributed by atoms with E-state index >= 15 is 0 Å². The molecule has 1 aromatic heterocycles. The lowest BCUT2D eigenvalue weighted by molar-refractivity contribution is -0.0591. The first-order chi connectivity index (χ1) is 8.76. The second-order valence-corrected chi connectivity index (χ2v) is 6.45. The maximum atomic E-state index is 9.30. The summed E-state index contributed by atoms with van der Waals surface area (Å²) in [5.41, 5.74) is 0. The molecule has 1 aliphatic carbocycles. The average Bonchev–Trinajstić information content (AvgIpc) is 2.96. The van der Waals surface area contributed by atoms with E-state index in [0.29, 0.717) is 18.1 Å². The first kappa shape index (κ1) is 12.5. The van der Waals surface area contributed by atoms with Crippen LogP contribution in [0.3, 0.4) is 0 Å². The van der Waals surface area contributed by atoms with Crippen LogP contribution in [0.5, 0.6) is 0 Å². The number of aliphatic hydroxyl groups is 1. The van der Waals surface area contributed by atoms with Crippen molar-refractivity contribution in [3.8, 4) is 0 Å². The van der Waals surface area contributed by atoms with Crippen LogP contribution in [0.2, 0.25) is 0 Å². The molecule has 1 aromatic rings. The quantitative estimate of drug-likeness (QED) is 0.880. The predicted octanol–water partition coefficient (Wildman–Crippen LogP) is 0.818. The Labute approximate surface area is 111 Å². The number of aromatic nitrogens is 2. The number of fused-ring (bicyclic) bond motifs is 1. The van der Waals surface area contributed by atoms with Crippen LogP contribution in [0.25, 0.3) is 0 Å². The van der Waals surface area contributed by atoms with Crippen molar-refractivity contribution >= 4 is 11.3 Å². The molecule has 2 heterocycles. The lowest BCUT2D eigenvalue weighted by Gasteiger charge is -2.36. The topological polar surface area (TPSA) is 58.5 Å². The molecule has 5 nitrogen and oxygen atoms in total. The number of hydrogen-bond acceptors (Lipinski definition) is 6. The van der Waals surface area contributed by atoms with Crippen molar-refractivity contribution in [1.29, 1.82) is 0 Å². The standard InChI is InChI=1S/C12H19N3O2S/c1-8-13-14-12(18-8)6-15-2-3-17-11-5-9(7-16)4-10(11)15/h9-11,16H,2-7H2,1H3/t9-,10+,11+/m1/s1. The Balaban J connectivity index is 1.68. The fraction of sp³-hybridized carbons (Fsp3) is 0.833. The maximum absolute atomic E-state index is 9.30. The van der Waals surface area contributed by atoms with E-state index in [2.05, 4.69) is 15.1 Å². The third-order valence-electron chi connectivity index (χ3n) is 3.91. The van der Waals surface area contributed by atoms with Crippen LogP contribution in [-0.4, -0.2) is 52.1 Å². The molecule has 1 saturated carbocycles. The molecular weight excluding hydrogens is 250 g/mol. The van der Waals surface area contributed by atoms with Gasteiger partial charge in [0, 0.05) is 19.2 Å². The molecular formula is C12H19N3O2S. The van der Waals surface area contributed by atoms with Crippen LogP contribution in [0.15, 0.2) is 0 Å². The third-order valence-corrected chi connectivity index (χ3v) is 4.74. The number of aryl methyl sites for hydroxylation is 1. The van der Waals surface area contributed by atoms with E-state index in [-0.39, 0.29) is 6.61 Å². The molecule has 1 N–H and O–H groups in total. The molecule has 100 valence electrons. The van der Waals surface area contributed by atoms with Crippen molar-refractivity contribution in [1.82, 2.24) is 15.1 Å². The molecule has 6 heteroatoms. The zero-order chi connectivity index (χ0) is 12.5. The van der Waals surface area contributed by atoms with E-state index < -0.39 is 0 Å². The van der Waals surface area contributed by atoms with Crippen molar-refractivity contribution in [2.75, 3.05) is 19.8 Å². The zero-order valence-electron chi connectivity index (χ0n) is 10.6. The molecule has 0 amide bonds. The molecule has 0 spiro atoms. The summed E-state index contributed by atoms with van der Waals surface area (Å²) in [5.74, 6) is 0.400. The van der Waals surface area contributed by atoms with Crippen molar-refractivity contribution < 1.29 is 9.84 Å². The molecule has 18 heavy (non-hydrogen) atoms. The summed E-state index contributed by atoms with van der Waals surface area (Å²) in [7, 11) is 0. The van der Waals surface area contributed by atoms with Crippen molar-refractivity contribution in [3.05, 3.63) is 10.0 Å². The SMILES string of the molecule is Cc1nnc(CN2CCO[C@H]3C[C@H](CO)C[C@@H]32)s1. The van der Waals surface area contributed by atoms with Crippen molar-refractivity contribution in [3.63, 3.8) is 0 Å². The van der Waals surface area contributed by atoms with Crippen molar-refractivity contribution in [2.24, 2.45) is 5.92 Å². The molecule has 0 aromatic carbocycles. The van der Waals surface area contributed by atoms with E-state index in [1.54, 1.807) is 11.3 Å². The van der Waals surface area contributed by atoms with Gasteiger partial charge in [0.25, 0.3) is 0 Å². The zero-order valence-corrected chi connectivity index (χ0v) is 11.4. The van der Waals surface area contributed by atoms with Gasteiger partial charge >= 0.3 is 0 Å². The van der Waals surface area contributed by atoms with Crippen molar-refractivity contribution in [2.45, 2.75) is 38.5 Å². The Hall–Kier alpha value is -0.560. The van der Waals surface area contributed by atoms with E-state index in [9.17, 15) is 5.11 Å². The summed E-state index contributed by atoms with van der Waals surface area (Å²) in [6.07, 6.45) is 2.33. The molecule has 0 bridgehead atoms. The summed E-state index contributed by atoms with van der Waals surface area (Å²) >= 11 is 1.67. The smallest absolute Gasteiger partial charge is 0.131 e. The Morgan fingerprint density at radius 3 is 3.06 bits per heavy atom. The van der Waals surface area contributed by atoms with E-state index in [1.807, 2.05) is 6.92 Å². The highest BCUT2D eigenvalue weighted by molar-refractivity contribution is 7.11. The maximum Gasteiger partial charge on any atom is 0.131 e. The van der Waals surface area contributed by atoms with Gasteiger partial charge in [-0.05, 0) is 25.7 Å². The minimum atomic E-state index is 0.280. The van der Waals surface area contributed by atoms with Crippen LogP contribution in [-0.2, 0) is 11.3 Å². The highest BCUT2D eigenvalue weighted by Crippen LogP contribution is 2.34. The van der Waals surface area contributed by atoms with Gasteiger partial charge in [0.05, 0.1) is 19.3 Å². The van der Waals surface area contributed by atoms with Crippen LogP contribution in [0.4, 0.5) is 0 Å². The summed E-state index contributed by atoms with van der Waals surface area (Å²) in [4.78, 5) is 2.45. The number of morpholine rings is 1. The minimum absolute atomic E-state index is 0.280. The monoisotopic (exact) mass is 269 g/mol. The molecule has 1 saturated heterocycles. The summed E-state index contributed by atoms with van der Waals surface area (Å²) in [5, 5.41) is 19.7. The molecule has 3 rings (SSSR count). The molecule has 0 unspecified atom stereocenters. The van der Waals surface area contributed by atoms with Gasteiger partial charge in [0.15, 0.2) is 0 Å². The highest BCUT2D eigenvalue weighted by atomic mass is 32.1. The Bertz CT molecular complexity index is 412. The summed E-state index contributed by atoms with van der Waals surface area (Å²) in [6, 6.07) is 0.445. The summed E-state index contributed by atoms with van der Waals surface area (Å²) < 4.78 is 5.82. The summed E-state index contributed by atoms with van der Waals surface area (Å²) in [6.45, 7) is 4.88. The van der Waals surface area contributed by atoms with Gasteiger partial charge in [0.2, 0.25) is 0 Å². The lowest BCUT2D eigenvalue weighted by atomic mass is 10.1. The first-order valence-corrected chi connectivity index (χ1v) is 7.33. The number of aliphatic hydroxyl groups excluding tert-OH is 1. The molecule has 0 radical (unpaired) electrons. The van der Waals surface area contributed by atoms with Crippen LogP contribution >= 0.6 is 11.3 Å². The van der Waals surface area contributed by atoms with Gasteiger partial charge in [0.1, 0.15) is 10.0 Å². The number of hydrogen-bond donors (Lipinski definition) is 1. The molecule has 2 fully saturated rings. The fourth-order valence-electron chi connectivity index (χ4n) is 3.05. The number of rotatable bonds is 3. The first-order valence-electron chi connectivity index (χ1n) is 6.51. The fourth-order valence-corrected chi connectivity index (χ4v) is 3.78. The molecule has 3 atom stereocenters. The number of ether oxygens (including phenoxy) is 1. The largest absolute Gasteiger partial charge is 0.396 e. The third kappa shape index (κ3) is 2.42. The Morgan fingerprint density at radius 1 is 1.44 bits per heavy atom. The average molecular weight is 269 g/mol. The molecule has 1 aliphatic heterocycles. The van der Waals surface area contributed by atoms with Gasteiger partial charge < -0.3 is 9.84 Å². The van der Waals surface area contributed by atoms with Gasteiger partial charge in [-0.2, -0.15) is 0 Å². The molecule has 2 aliphatic rings. The lowest BCUT2D eigenvalue weighted by Crippen LogP contribution is -2.47. The van der Waals surface area contributed by atoms with E-state index in [4.69, 9.17) is 4.74 Å². The van der Waals surface area contributed by atoms with Crippen LogP contribution in [0, 0.1) is 12.8 Å². The predicted molar refractivity (Wildman–Crippen MR) is 68.4 cm³/mol. The van der Waals surface area contributed by atoms with E-state index in [0.717, 1.165) is 42.6 Å². The normalized spacial score (nSPS) is 32.7. The van der Waals surface area contributed by atoms with Gasteiger partial charge in [-0.1, -0.05) is 0 Å². The van der Waals surface area contributed by atoms with Gasteiger partial charge in [-0.25, -0.2) is 0 Å². The van der Waals surface area contributed by atoms with E-state index in [1.165, 1.54) is 0 Å². The van der Waals surface area contributed by atoms with Gasteiger partial charge in [-0.15, -0.1) is 21.5 Å². The van der Waals surface area contributed by atoms with Crippen LogP contribution in [0.1, 0.15) is 22.9 Å². The minimum Gasteiger partial charge on any atom is -0.396 e. The Kier molecular flexibility index (Phi) is 3.61. The number of nitrogens with zero attached hydrogens (tertiary/aromatic N) is 3. The van der Waals surface area contributed by atoms with Crippen LogP contribution < -0.4 is 0 Å². The van der Waals surface area contributed by atoms with Gasteiger partial charge in [-0.3, -0.25) is 4.90 Å².